The fourth-order valence-corrected chi connectivity index (χ4v) is 2.29. The Morgan fingerprint density at radius 3 is 2.57 bits per heavy atom. The van der Waals surface area contributed by atoms with E-state index in [0.29, 0.717) is 6.54 Å². The first-order valence-electron chi connectivity index (χ1n) is 6.92. The van der Waals surface area contributed by atoms with Crippen LogP contribution in [-0.2, 0) is 11.3 Å². The maximum absolute atomic E-state index is 11.8. The lowest BCUT2D eigenvalue weighted by Gasteiger charge is -2.13. The van der Waals surface area contributed by atoms with Crippen molar-refractivity contribution in [1.29, 1.82) is 0 Å². The number of benzene rings is 1. The average molecular weight is 284 g/mol. The van der Waals surface area contributed by atoms with Crippen LogP contribution < -0.4 is 10.1 Å². The van der Waals surface area contributed by atoms with Crippen LogP contribution in [0.1, 0.15) is 22.3 Å². The minimum Gasteiger partial charge on any atom is -0.483 e. The van der Waals surface area contributed by atoms with Gasteiger partial charge in [0.05, 0.1) is 0 Å². The number of carbonyl (C=O) groups is 1. The van der Waals surface area contributed by atoms with Gasteiger partial charge in [-0.1, -0.05) is 23.8 Å². The zero-order chi connectivity index (χ0) is 15.2. The molecular formula is C17H20N2O2. The lowest BCUT2D eigenvalue weighted by atomic mass is 10.1. The molecule has 0 aliphatic rings. The first kappa shape index (κ1) is 15.0. The largest absolute Gasteiger partial charge is 0.483 e. The number of carbonyl (C=O) groups excluding carboxylic acids is 1. The minimum absolute atomic E-state index is 0.0189. The third-order valence-electron chi connectivity index (χ3n) is 3.16. The lowest BCUT2D eigenvalue weighted by molar-refractivity contribution is -0.123. The second kappa shape index (κ2) is 6.88. The third kappa shape index (κ3) is 4.31. The smallest absolute Gasteiger partial charge is 0.258 e. The summed E-state index contributed by atoms with van der Waals surface area (Å²) in [6.07, 6.45) is 3.44. The van der Waals surface area contributed by atoms with E-state index >= 15 is 0 Å². The monoisotopic (exact) mass is 284 g/mol. The number of aryl methyl sites for hydroxylation is 3. The molecular weight excluding hydrogens is 264 g/mol. The molecule has 2 rings (SSSR count). The molecule has 0 unspecified atom stereocenters. The van der Waals surface area contributed by atoms with Crippen molar-refractivity contribution in [2.45, 2.75) is 27.3 Å². The van der Waals surface area contributed by atoms with Gasteiger partial charge in [-0.2, -0.15) is 0 Å². The van der Waals surface area contributed by atoms with Crippen LogP contribution in [0.25, 0.3) is 0 Å². The van der Waals surface area contributed by atoms with Crippen LogP contribution in [0.4, 0.5) is 0 Å². The second-order valence-electron chi connectivity index (χ2n) is 5.15. The Balaban J connectivity index is 1.87. The highest BCUT2D eigenvalue weighted by Crippen LogP contribution is 2.24. The van der Waals surface area contributed by atoms with E-state index in [1.165, 1.54) is 5.56 Å². The standard InChI is InChI=1S/C17H20N2O2/c1-12-7-13(2)17(14(3)8-12)21-11-16(20)19-10-15-5-4-6-18-9-15/h4-9H,10-11H2,1-3H3,(H,19,20). The molecule has 0 aliphatic carbocycles. The van der Waals surface area contributed by atoms with E-state index < -0.39 is 0 Å². The molecule has 0 saturated heterocycles. The molecule has 1 amide bonds. The topological polar surface area (TPSA) is 51.2 Å². The van der Waals surface area contributed by atoms with Crippen molar-refractivity contribution in [3.05, 3.63) is 58.9 Å². The van der Waals surface area contributed by atoms with E-state index in [9.17, 15) is 4.79 Å². The van der Waals surface area contributed by atoms with E-state index in [-0.39, 0.29) is 12.5 Å². The molecule has 110 valence electrons. The Labute approximate surface area is 125 Å². The molecule has 0 bridgehead atoms. The van der Waals surface area contributed by atoms with E-state index in [4.69, 9.17) is 4.74 Å². The summed E-state index contributed by atoms with van der Waals surface area (Å²) < 4.78 is 5.65. The molecule has 1 heterocycles. The van der Waals surface area contributed by atoms with Gasteiger partial charge in [-0.3, -0.25) is 9.78 Å². The van der Waals surface area contributed by atoms with Crippen LogP contribution in [-0.4, -0.2) is 17.5 Å². The number of amides is 1. The summed E-state index contributed by atoms with van der Waals surface area (Å²) in [6.45, 7) is 6.50. The molecule has 0 aliphatic heterocycles. The third-order valence-corrected chi connectivity index (χ3v) is 3.16. The summed E-state index contributed by atoms with van der Waals surface area (Å²) in [7, 11) is 0. The van der Waals surface area contributed by atoms with Crippen molar-refractivity contribution in [1.82, 2.24) is 10.3 Å². The number of hydrogen-bond donors (Lipinski definition) is 1. The van der Waals surface area contributed by atoms with Crippen LogP contribution >= 0.6 is 0 Å². The highest BCUT2D eigenvalue weighted by molar-refractivity contribution is 5.77. The Hall–Kier alpha value is -2.36. The number of nitrogens with one attached hydrogen (secondary N) is 1. The van der Waals surface area contributed by atoms with Crippen molar-refractivity contribution < 1.29 is 9.53 Å². The second-order valence-corrected chi connectivity index (χ2v) is 5.15. The Morgan fingerprint density at radius 2 is 1.95 bits per heavy atom. The van der Waals surface area contributed by atoms with E-state index in [2.05, 4.69) is 22.4 Å². The van der Waals surface area contributed by atoms with Gasteiger partial charge in [0.15, 0.2) is 6.61 Å². The first-order chi connectivity index (χ1) is 10.1. The Bertz CT molecular complexity index is 601. The van der Waals surface area contributed by atoms with Crippen molar-refractivity contribution in [2.75, 3.05) is 6.61 Å². The highest BCUT2D eigenvalue weighted by Gasteiger charge is 2.08. The summed E-state index contributed by atoms with van der Waals surface area (Å²) in [5.41, 5.74) is 4.26. The summed E-state index contributed by atoms with van der Waals surface area (Å²) >= 11 is 0. The van der Waals surface area contributed by atoms with E-state index in [1.54, 1.807) is 12.4 Å². The fourth-order valence-electron chi connectivity index (χ4n) is 2.29. The van der Waals surface area contributed by atoms with Gasteiger partial charge in [0, 0.05) is 18.9 Å². The van der Waals surface area contributed by atoms with Crippen molar-refractivity contribution in [3.63, 3.8) is 0 Å². The van der Waals surface area contributed by atoms with Gasteiger partial charge in [-0.05, 0) is 43.5 Å². The molecule has 1 aromatic carbocycles. The Morgan fingerprint density at radius 1 is 1.24 bits per heavy atom. The molecule has 21 heavy (non-hydrogen) atoms. The number of ether oxygens (including phenoxy) is 1. The highest BCUT2D eigenvalue weighted by atomic mass is 16.5. The van der Waals surface area contributed by atoms with Crippen LogP contribution in [0.3, 0.4) is 0 Å². The number of aromatic nitrogens is 1. The minimum atomic E-state index is -0.141. The normalized spacial score (nSPS) is 10.2. The molecule has 4 nitrogen and oxygen atoms in total. The zero-order valence-electron chi connectivity index (χ0n) is 12.6. The summed E-state index contributed by atoms with van der Waals surface area (Å²) in [4.78, 5) is 15.8. The zero-order valence-corrected chi connectivity index (χ0v) is 12.6. The van der Waals surface area contributed by atoms with Gasteiger partial charge < -0.3 is 10.1 Å². The van der Waals surface area contributed by atoms with Crippen LogP contribution in [0.2, 0.25) is 0 Å². The quantitative estimate of drug-likeness (QED) is 0.918. The molecule has 4 heteroatoms. The summed E-state index contributed by atoms with van der Waals surface area (Å²) in [5, 5.41) is 2.82. The summed E-state index contributed by atoms with van der Waals surface area (Å²) in [6, 6.07) is 7.87. The molecule has 0 fully saturated rings. The lowest BCUT2D eigenvalue weighted by Crippen LogP contribution is -2.28. The van der Waals surface area contributed by atoms with Gasteiger partial charge in [0.25, 0.3) is 5.91 Å². The van der Waals surface area contributed by atoms with Gasteiger partial charge in [0.1, 0.15) is 5.75 Å². The SMILES string of the molecule is Cc1cc(C)c(OCC(=O)NCc2cccnc2)c(C)c1. The molecule has 0 spiro atoms. The van der Waals surface area contributed by atoms with Crippen LogP contribution in [0.5, 0.6) is 5.75 Å². The predicted octanol–water partition coefficient (Wildman–Crippen LogP) is 2.70. The first-order valence-corrected chi connectivity index (χ1v) is 6.92. The van der Waals surface area contributed by atoms with Gasteiger partial charge in [0.2, 0.25) is 0 Å². The average Bonchev–Trinajstić information content (AvgIpc) is 2.45. The number of nitrogens with zero attached hydrogens (tertiary/aromatic N) is 1. The molecule has 0 atom stereocenters. The number of rotatable bonds is 5. The fraction of sp³-hybridized carbons (Fsp3) is 0.294. The molecule has 0 radical (unpaired) electrons. The molecule has 2 aromatic rings. The van der Waals surface area contributed by atoms with E-state index in [0.717, 1.165) is 22.4 Å². The van der Waals surface area contributed by atoms with Crippen molar-refractivity contribution in [2.24, 2.45) is 0 Å². The Kier molecular flexibility index (Phi) is 4.93. The maximum atomic E-state index is 11.8. The molecule has 0 saturated carbocycles. The van der Waals surface area contributed by atoms with Gasteiger partial charge in [-0.15, -0.1) is 0 Å². The van der Waals surface area contributed by atoms with E-state index in [1.807, 2.05) is 32.9 Å². The van der Waals surface area contributed by atoms with Gasteiger partial charge >= 0.3 is 0 Å². The molecule has 1 aromatic heterocycles. The maximum Gasteiger partial charge on any atom is 0.258 e. The van der Waals surface area contributed by atoms with Crippen molar-refractivity contribution >= 4 is 5.91 Å². The number of hydrogen-bond acceptors (Lipinski definition) is 3. The predicted molar refractivity (Wildman–Crippen MR) is 82.2 cm³/mol. The van der Waals surface area contributed by atoms with Crippen LogP contribution in [0, 0.1) is 20.8 Å². The van der Waals surface area contributed by atoms with Gasteiger partial charge in [-0.25, -0.2) is 0 Å². The van der Waals surface area contributed by atoms with Crippen LogP contribution in [0.15, 0.2) is 36.7 Å². The molecule has 1 N–H and O–H groups in total. The van der Waals surface area contributed by atoms with Crippen molar-refractivity contribution in [3.8, 4) is 5.75 Å². The number of pyridine rings is 1. The summed E-state index contributed by atoms with van der Waals surface area (Å²) in [5.74, 6) is 0.648.